The summed E-state index contributed by atoms with van der Waals surface area (Å²) in [5, 5.41) is 9.67. The Morgan fingerprint density at radius 1 is 0.891 bits per heavy atom. The lowest BCUT2D eigenvalue weighted by molar-refractivity contribution is -0.136. The largest absolute Gasteiger partial charge is 0.490 e. The summed E-state index contributed by atoms with van der Waals surface area (Å²) in [5.74, 6) is 0.709. The maximum atomic E-state index is 13.2. The maximum absolute atomic E-state index is 13.2. The zero-order valence-corrected chi connectivity index (χ0v) is 30.9. The van der Waals surface area contributed by atoms with E-state index >= 15 is 0 Å². The van der Waals surface area contributed by atoms with Crippen LogP contribution in [-0.2, 0) is 21.6 Å². The monoisotopic (exact) mass is 740 g/mol. The second-order valence-electron chi connectivity index (χ2n) is 14.8. The molecule has 13 heteroatoms. The van der Waals surface area contributed by atoms with Crippen molar-refractivity contribution in [2.75, 3.05) is 5.32 Å². The van der Waals surface area contributed by atoms with Crippen LogP contribution in [0.5, 0.6) is 11.5 Å². The summed E-state index contributed by atoms with van der Waals surface area (Å²) in [7, 11) is 0. The SMILES string of the molecule is Cc1noc(C)c1-c1nccc(COc2ccc(C(C)(C)c3ccc(OC4CC(Nc5ccc6c(c5)C(=O)N(C5CCC(=O)NC5=O)C6=O)C4)cc3)cc2)n1. The van der Waals surface area contributed by atoms with Crippen LogP contribution in [0.25, 0.3) is 11.4 Å². The van der Waals surface area contributed by atoms with Crippen molar-refractivity contribution in [2.45, 2.75) is 83.6 Å². The smallest absolute Gasteiger partial charge is 0.262 e. The number of rotatable bonds is 11. The minimum absolute atomic E-state index is 0.0365. The number of fused-ring (bicyclic) bond motifs is 1. The Labute approximate surface area is 317 Å². The van der Waals surface area contributed by atoms with Gasteiger partial charge in [0.2, 0.25) is 11.8 Å². The summed E-state index contributed by atoms with van der Waals surface area (Å²) < 4.78 is 17.6. The number of anilines is 1. The Kier molecular flexibility index (Phi) is 9.15. The first kappa shape index (κ1) is 35.6. The number of imide groups is 2. The average Bonchev–Trinajstić information content (AvgIpc) is 3.63. The molecule has 3 aromatic carbocycles. The molecule has 55 heavy (non-hydrogen) atoms. The molecule has 1 aliphatic carbocycles. The van der Waals surface area contributed by atoms with Crippen molar-refractivity contribution in [3.8, 4) is 22.9 Å². The minimum Gasteiger partial charge on any atom is -0.490 e. The maximum Gasteiger partial charge on any atom is 0.262 e. The van der Waals surface area contributed by atoms with E-state index < -0.39 is 29.7 Å². The molecule has 1 saturated heterocycles. The summed E-state index contributed by atoms with van der Waals surface area (Å²) >= 11 is 0. The van der Waals surface area contributed by atoms with Gasteiger partial charge in [0.15, 0.2) is 5.82 Å². The molecule has 1 saturated carbocycles. The first-order chi connectivity index (χ1) is 26.4. The second kappa shape index (κ2) is 14.1. The van der Waals surface area contributed by atoms with E-state index in [1.807, 2.05) is 44.2 Å². The van der Waals surface area contributed by atoms with E-state index in [1.54, 1.807) is 24.4 Å². The van der Waals surface area contributed by atoms with E-state index in [-0.39, 0.29) is 41.5 Å². The van der Waals surface area contributed by atoms with Crippen LogP contribution in [0.4, 0.5) is 5.69 Å². The molecule has 13 nitrogen and oxygen atoms in total. The highest BCUT2D eigenvalue weighted by atomic mass is 16.5. The molecule has 4 amide bonds. The molecule has 2 N–H and O–H groups in total. The first-order valence-electron chi connectivity index (χ1n) is 18.3. The Hall–Kier alpha value is -6.37. The number of nitrogens with zero attached hydrogens (tertiary/aromatic N) is 4. The third-order valence-electron chi connectivity index (χ3n) is 10.7. The molecule has 0 spiro atoms. The Balaban J connectivity index is 0.824. The van der Waals surface area contributed by atoms with E-state index in [4.69, 9.17) is 14.0 Å². The Morgan fingerprint density at radius 3 is 2.25 bits per heavy atom. The molecule has 8 rings (SSSR count). The van der Waals surface area contributed by atoms with Crippen LogP contribution in [0, 0.1) is 13.8 Å². The molecule has 1 atom stereocenters. The fourth-order valence-electron chi connectivity index (χ4n) is 7.41. The minimum atomic E-state index is -0.989. The van der Waals surface area contributed by atoms with Gasteiger partial charge in [0.05, 0.1) is 28.1 Å². The predicted molar refractivity (Wildman–Crippen MR) is 201 cm³/mol. The lowest BCUT2D eigenvalue weighted by atomic mass is 9.78. The Bertz CT molecular complexity index is 2290. The molecule has 2 aliphatic heterocycles. The normalized spacial score (nSPS) is 19.5. The zero-order valence-electron chi connectivity index (χ0n) is 30.9. The number of amides is 4. The molecule has 0 bridgehead atoms. The highest BCUT2D eigenvalue weighted by molar-refractivity contribution is 6.23. The molecule has 5 aromatic rings. The van der Waals surface area contributed by atoms with Gasteiger partial charge in [0.25, 0.3) is 11.8 Å². The van der Waals surface area contributed by atoms with Crippen molar-refractivity contribution in [1.29, 1.82) is 0 Å². The van der Waals surface area contributed by atoms with Gasteiger partial charge in [0, 0.05) is 42.6 Å². The number of aromatic nitrogens is 3. The van der Waals surface area contributed by atoms with Gasteiger partial charge in [-0.15, -0.1) is 0 Å². The molecular weight excluding hydrogens is 700 g/mol. The zero-order chi connectivity index (χ0) is 38.4. The number of nitrogens with one attached hydrogen (secondary N) is 2. The fourth-order valence-corrected chi connectivity index (χ4v) is 7.41. The van der Waals surface area contributed by atoms with Gasteiger partial charge in [-0.2, -0.15) is 0 Å². The first-order valence-corrected chi connectivity index (χ1v) is 18.3. The number of carbonyl (C=O) groups excluding carboxylic acids is 4. The average molecular weight is 741 g/mol. The summed E-state index contributed by atoms with van der Waals surface area (Å²) in [5.41, 5.74) is 5.55. The molecular formula is C42H40N6O7. The highest BCUT2D eigenvalue weighted by Gasteiger charge is 2.45. The lowest BCUT2D eigenvalue weighted by Crippen LogP contribution is -2.54. The van der Waals surface area contributed by atoms with Crippen molar-refractivity contribution < 1.29 is 33.2 Å². The standard InChI is InChI=1S/C42H40N6O7/c1-23-37(24(2)55-47-23)38-43-18-17-28(45-38)22-53-30-10-5-25(6-11-30)42(3,4)26-7-12-31(13-8-26)54-32-19-29(20-32)44-27-9-14-33-34(21-27)41(52)48(40(33)51)35-15-16-36(49)46-39(35)50/h5-14,17-18,21,29,32,35,44H,15-16,19-20,22H2,1-4H3,(H,46,49,50). The number of ether oxygens (including phenoxy) is 2. The van der Waals surface area contributed by atoms with E-state index in [0.717, 1.165) is 57.3 Å². The van der Waals surface area contributed by atoms with Crippen molar-refractivity contribution in [1.82, 2.24) is 25.3 Å². The van der Waals surface area contributed by atoms with Gasteiger partial charge in [-0.25, -0.2) is 9.97 Å². The van der Waals surface area contributed by atoms with Crippen LogP contribution in [0.2, 0.25) is 0 Å². The van der Waals surface area contributed by atoms with Gasteiger partial charge in [-0.1, -0.05) is 43.3 Å². The van der Waals surface area contributed by atoms with Crippen LogP contribution in [0.3, 0.4) is 0 Å². The van der Waals surface area contributed by atoms with Crippen molar-refractivity contribution >= 4 is 29.3 Å². The fraction of sp³-hybridized carbons (Fsp3) is 0.310. The molecule has 4 heterocycles. The molecule has 280 valence electrons. The van der Waals surface area contributed by atoms with Crippen LogP contribution in [0.15, 0.2) is 83.5 Å². The van der Waals surface area contributed by atoms with Crippen molar-refractivity contribution in [3.05, 3.63) is 118 Å². The predicted octanol–water partition coefficient (Wildman–Crippen LogP) is 6.08. The molecule has 0 radical (unpaired) electrons. The lowest BCUT2D eigenvalue weighted by Gasteiger charge is -2.36. The summed E-state index contributed by atoms with van der Waals surface area (Å²) in [6.45, 7) is 8.38. The Morgan fingerprint density at radius 2 is 1.58 bits per heavy atom. The van der Waals surface area contributed by atoms with Gasteiger partial charge in [0.1, 0.15) is 36.0 Å². The van der Waals surface area contributed by atoms with E-state index in [0.29, 0.717) is 23.9 Å². The number of hydrogen-bond acceptors (Lipinski definition) is 11. The van der Waals surface area contributed by atoms with E-state index in [2.05, 4.69) is 63.9 Å². The number of aryl methyl sites for hydroxylation is 2. The number of carbonyl (C=O) groups is 4. The van der Waals surface area contributed by atoms with Crippen LogP contribution in [0.1, 0.15) is 88.5 Å². The molecule has 3 aliphatic rings. The second-order valence-corrected chi connectivity index (χ2v) is 14.8. The number of piperidine rings is 1. The van der Waals surface area contributed by atoms with E-state index in [9.17, 15) is 19.2 Å². The third kappa shape index (κ3) is 6.93. The number of hydrogen-bond donors (Lipinski definition) is 2. The van der Waals surface area contributed by atoms with Crippen LogP contribution in [-0.4, -0.2) is 61.8 Å². The summed E-state index contributed by atoms with van der Waals surface area (Å²) in [6.07, 6.45) is 3.49. The van der Waals surface area contributed by atoms with Gasteiger partial charge >= 0.3 is 0 Å². The molecule has 2 aromatic heterocycles. The van der Waals surface area contributed by atoms with Crippen LogP contribution < -0.4 is 20.1 Å². The van der Waals surface area contributed by atoms with Gasteiger partial charge < -0.3 is 19.3 Å². The van der Waals surface area contributed by atoms with Gasteiger partial charge in [-0.05, 0) is 79.9 Å². The van der Waals surface area contributed by atoms with Crippen molar-refractivity contribution in [2.24, 2.45) is 0 Å². The highest BCUT2D eigenvalue weighted by Crippen LogP contribution is 2.36. The van der Waals surface area contributed by atoms with Crippen LogP contribution >= 0.6 is 0 Å². The quantitative estimate of drug-likeness (QED) is 0.151. The van der Waals surface area contributed by atoms with Crippen molar-refractivity contribution in [3.63, 3.8) is 0 Å². The topological polar surface area (TPSA) is 166 Å². The summed E-state index contributed by atoms with van der Waals surface area (Å²) in [4.78, 5) is 60.2. The molecule has 2 fully saturated rings. The number of benzene rings is 3. The summed E-state index contributed by atoms with van der Waals surface area (Å²) in [6, 6.07) is 22.3. The van der Waals surface area contributed by atoms with Gasteiger partial charge in [-0.3, -0.25) is 29.4 Å². The molecule has 1 unspecified atom stereocenters. The third-order valence-corrected chi connectivity index (χ3v) is 10.7. The van der Waals surface area contributed by atoms with E-state index in [1.165, 1.54) is 0 Å².